The molecule has 1 N–H and O–H groups in total. The Kier molecular flexibility index (Phi) is 4.77. The van der Waals surface area contributed by atoms with Gasteiger partial charge in [-0.2, -0.15) is 0 Å². The van der Waals surface area contributed by atoms with Crippen LogP contribution in [0.4, 0.5) is 4.79 Å². The normalized spacial score (nSPS) is 22.7. The van der Waals surface area contributed by atoms with Crippen LogP contribution in [0.15, 0.2) is 59.0 Å². The molecule has 1 aromatic heterocycles. The lowest BCUT2D eigenvalue weighted by molar-refractivity contribution is -0.139. The number of para-hydroxylation sites is 1. The van der Waals surface area contributed by atoms with E-state index in [2.05, 4.69) is 17.4 Å². The van der Waals surface area contributed by atoms with E-state index in [1.807, 2.05) is 36.4 Å². The summed E-state index contributed by atoms with van der Waals surface area (Å²) in [6, 6.07) is 16.6. The van der Waals surface area contributed by atoms with Gasteiger partial charge in [-0.15, -0.1) is 0 Å². The molecule has 0 bridgehead atoms. The Morgan fingerprint density at radius 1 is 1.19 bits per heavy atom. The second-order valence-corrected chi connectivity index (χ2v) is 8.71. The van der Waals surface area contributed by atoms with Crippen LogP contribution in [0, 0.1) is 0 Å². The van der Waals surface area contributed by atoms with Crippen LogP contribution in [0.5, 0.6) is 0 Å². The van der Waals surface area contributed by atoms with Crippen molar-refractivity contribution in [3.63, 3.8) is 0 Å². The Balaban J connectivity index is 1.36. The van der Waals surface area contributed by atoms with Gasteiger partial charge in [0.2, 0.25) is 5.91 Å². The molecule has 3 aromatic rings. The van der Waals surface area contributed by atoms with Crippen LogP contribution in [0.25, 0.3) is 11.0 Å². The number of nitrogens with zero attached hydrogens (tertiary/aromatic N) is 2. The standard InChI is InChI=1S/C25H25N3O4/c1-25(21-14-17-9-4-6-13-20(17)32-21)23(30)28(24(31)26-25)15-22(29)27(2)19-12-7-10-16-8-3-5-11-18(16)19/h3-6,8-9,11,13-14,19H,7,10,12,15H2,1-2H3,(H,26,31)/t19-,25-/m1/s1. The van der Waals surface area contributed by atoms with Crippen LogP contribution in [-0.2, 0) is 21.5 Å². The molecule has 0 spiro atoms. The molecule has 1 fully saturated rings. The lowest BCUT2D eigenvalue weighted by Crippen LogP contribution is -2.44. The number of imide groups is 1. The fraction of sp³-hybridized carbons (Fsp3) is 0.320. The minimum atomic E-state index is -1.35. The summed E-state index contributed by atoms with van der Waals surface area (Å²) in [5.41, 5.74) is 1.66. The Hall–Kier alpha value is -3.61. The van der Waals surface area contributed by atoms with Gasteiger partial charge in [-0.1, -0.05) is 42.5 Å². The van der Waals surface area contributed by atoms with Crippen molar-refractivity contribution in [1.82, 2.24) is 15.1 Å². The molecule has 2 aromatic carbocycles. The van der Waals surface area contributed by atoms with Crippen LogP contribution < -0.4 is 5.32 Å². The maximum atomic E-state index is 13.3. The number of aryl methyl sites for hydroxylation is 1. The first-order chi connectivity index (χ1) is 15.4. The molecule has 4 amide bonds. The summed E-state index contributed by atoms with van der Waals surface area (Å²) in [5.74, 6) is -0.419. The smallest absolute Gasteiger partial charge is 0.325 e. The average molecular weight is 431 g/mol. The number of likely N-dealkylation sites (N-methyl/N-ethyl adjacent to an activating group) is 1. The highest BCUT2D eigenvalue weighted by atomic mass is 16.3. The summed E-state index contributed by atoms with van der Waals surface area (Å²) in [6.07, 6.45) is 2.85. The van der Waals surface area contributed by atoms with Gasteiger partial charge in [0.15, 0.2) is 5.54 Å². The zero-order valence-corrected chi connectivity index (χ0v) is 18.1. The largest absolute Gasteiger partial charge is 0.458 e. The number of rotatable bonds is 4. The van der Waals surface area contributed by atoms with E-state index in [1.165, 1.54) is 5.56 Å². The van der Waals surface area contributed by atoms with E-state index < -0.39 is 17.5 Å². The zero-order chi connectivity index (χ0) is 22.5. The first kappa shape index (κ1) is 20.3. The Morgan fingerprint density at radius 2 is 1.94 bits per heavy atom. The van der Waals surface area contributed by atoms with Gasteiger partial charge in [-0.05, 0) is 49.4 Å². The number of urea groups is 1. The molecule has 2 aliphatic rings. The molecular formula is C25H25N3O4. The number of nitrogens with one attached hydrogen (secondary N) is 1. The van der Waals surface area contributed by atoms with Gasteiger partial charge < -0.3 is 14.6 Å². The molecule has 5 rings (SSSR count). The van der Waals surface area contributed by atoms with Crippen LogP contribution in [-0.4, -0.2) is 41.2 Å². The third kappa shape index (κ3) is 3.16. The highest BCUT2D eigenvalue weighted by Gasteiger charge is 2.52. The van der Waals surface area contributed by atoms with E-state index in [0.717, 1.165) is 35.1 Å². The van der Waals surface area contributed by atoms with E-state index in [0.29, 0.717) is 11.3 Å². The predicted octanol–water partition coefficient (Wildman–Crippen LogP) is 3.74. The summed E-state index contributed by atoms with van der Waals surface area (Å²) in [7, 11) is 1.74. The van der Waals surface area contributed by atoms with Gasteiger partial charge in [-0.25, -0.2) is 4.79 Å². The highest BCUT2D eigenvalue weighted by Crippen LogP contribution is 2.35. The van der Waals surface area contributed by atoms with Crippen LogP contribution in [0.2, 0.25) is 0 Å². The van der Waals surface area contributed by atoms with Gasteiger partial charge >= 0.3 is 6.03 Å². The van der Waals surface area contributed by atoms with Crippen LogP contribution in [0.1, 0.15) is 42.7 Å². The van der Waals surface area contributed by atoms with Gasteiger partial charge in [0.05, 0.1) is 6.04 Å². The van der Waals surface area contributed by atoms with Gasteiger partial charge in [-0.3, -0.25) is 14.5 Å². The lowest BCUT2D eigenvalue weighted by atomic mass is 9.87. The summed E-state index contributed by atoms with van der Waals surface area (Å²) in [4.78, 5) is 41.7. The molecule has 0 saturated carbocycles. The van der Waals surface area contributed by atoms with Gasteiger partial charge in [0.1, 0.15) is 17.9 Å². The predicted molar refractivity (Wildman–Crippen MR) is 119 cm³/mol. The summed E-state index contributed by atoms with van der Waals surface area (Å²) in [6.45, 7) is 1.30. The summed E-state index contributed by atoms with van der Waals surface area (Å²) in [5, 5.41) is 3.56. The molecule has 2 atom stereocenters. The number of fused-ring (bicyclic) bond motifs is 2. The first-order valence-corrected chi connectivity index (χ1v) is 10.8. The van der Waals surface area contributed by atoms with E-state index in [-0.39, 0.29) is 18.5 Å². The van der Waals surface area contributed by atoms with Crippen molar-refractivity contribution in [3.05, 3.63) is 71.5 Å². The van der Waals surface area contributed by atoms with Crippen LogP contribution >= 0.6 is 0 Å². The monoisotopic (exact) mass is 431 g/mol. The molecule has 0 unspecified atom stereocenters. The molecule has 1 aliphatic heterocycles. The molecule has 2 heterocycles. The molecule has 32 heavy (non-hydrogen) atoms. The first-order valence-electron chi connectivity index (χ1n) is 10.8. The second-order valence-electron chi connectivity index (χ2n) is 8.71. The third-order valence-electron chi connectivity index (χ3n) is 6.69. The van der Waals surface area contributed by atoms with E-state index in [9.17, 15) is 14.4 Å². The highest BCUT2D eigenvalue weighted by molar-refractivity contribution is 6.09. The summed E-state index contributed by atoms with van der Waals surface area (Å²) < 4.78 is 5.85. The molecule has 7 nitrogen and oxygen atoms in total. The minimum Gasteiger partial charge on any atom is -0.458 e. The quantitative estimate of drug-likeness (QED) is 0.638. The number of amides is 4. The van der Waals surface area contributed by atoms with Crippen molar-refractivity contribution in [2.45, 2.75) is 37.8 Å². The third-order valence-corrected chi connectivity index (χ3v) is 6.69. The number of carbonyl (C=O) groups excluding carboxylic acids is 3. The van der Waals surface area contributed by atoms with E-state index >= 15 is 0 Å². The maximum absolute atomic E-state index is 13.3. The molecule has 1 saturated heterocycles. The van der Waals surface area contributed by atoms with Crippen LogP contribution in [0.3, 0.4) is 0 Å². The van der Waals surface area contributed by atoms with Gasteiger partial charge in [0, 0.05) is 12.4 Å². The zero-order valence-electron chi connectivity index (χ0n) is 18.1. The second kappa shape index (κ2) is 7.51. The van der Waals surface area contributed by atoms with Crippen molar-refractivity contribution < 1.29 is 18.8 Å². The Labute approximate surface area is 186 Å². The minimum absolute atomic E-state index is 0.0602. The average Bonchev–Trinajstić information content (AvgIpc) is 3.34. The van der Waals surface area contributed by atoms with Crippen molar-refractivity contribution >= 4 is 28.8 Å². The molecule has 1 aliphatic carbocycles. The van der Waals surface area contributed by atoms with E-state index in [1.54, 1.807) is 24.9 Å². The Morgan fingerprint density at radius 3 is 2.75 bits per heavy atom. The molecule has 0 radical (unpaired) electrons. The Bertz CT molecular complexity index is 1200. The van der Waals surface area contributed by atoms with E-state index in [4.69, 9.17) is 4.42 Å². The van der Waals surface area contributed by atoms with Crippen molar-refractivity contribution in [2.24, 2.45) is 0 Å². The van der Waals surface area contributed by atoms with Crippen molar-refractivity contribution in [3.8, 4) is 0 Å². The fourth-order valence-corrected chi connectivity index (χ4v) is 4.79. The SMILES string of the molecule is CN(C(=O)CN1C(=O)N[C@](C)(c2cc3ccccc3o2)C1=O)[C@@H]1CCCc2ccccc21. The molecule has 7 heteroatoms. The number of furan rings is 1. The number of carbonyl (C=O) groups is 3. The maximum Gasteiger partial charge on any atom is 0.325 e. The molecular weight excluding hydrogens is 406 g/mol. The molecule has 164 valence electrons. The number of hydrogen-bond acceptors (Lipinski definition) is 4. The number of benzene rings is 2. The van der Waals surface area contributed by atoms with Gasteiger partial charge in [0.25, 0.3) is 5.91 Å². The topological polar surface area (TPSA) is 82.9 Å². The van der Waals surface area contributed by atoms with Crippen molar-refractivity contribution in [2.75, 3.05) is 13.6 Å². The van der Waals surface area contributed by atoms with Crippen molar-refractivity contribution in [1.29, 1.82) is 0 Å². The number of hydrogen-bond donors (Lipinski definition) is 1. The lowest BCUT2D eigenvalue weighted by Gasteiger charge is -2.34. The fourth-order valence-electron chi connectivity index (χ4n) is 4.79. The summed E-state index contributed by atoms with van der Waals surface area (Å²) >= 11 is 0.